The highest BCUT2D eigenvalue weighted by Crippen LogP contribution is 2.32. The average Bonchev–Trinajstić information content (AvgIpc) is 2.66. The van der Waals surface area contributed by atoms with Crippen LogP contribution < -0.4 is 10.1 Å². The topological polar surface area (TPSA) is 64.6 Å². The maximum atomic E-state index is 12.4. The molecule has 0 bridgehead atoms. The molecule has 0 unspecified atom stereocenters. The molecule has 7 heteroatoms. The number of carbonyl (C=O) groups excluding carboxylic acids is 2. The van der Waals surface area contributed by atoms with Crippen LogP contribution in [0.2, 0.25) is 0 Å². The van der Waals surface area contributed by atoms with Crippen LogP contribution in [0, 0.1) is 0 Å². The Bertz CT molecular complexity index is 822. The predicted octanol–water partition coefficient (Wildman–Crippen LogP) is 5.33. The monoisotopic (exact) mass is 405 g/mol. The number of hydrogen-bond acceptors (Lipinski definition) is 4. The van der Waals surface area contributed by atoms with E-state index in [1.807, 2.05) is 45.9 Å². The lowest BCUT2D eigenvalue weighted by Gasteiger charge is -2.20. The number of ether oxygens (including phenoxy) is 2. The number of esters is 1. The zero-order valence-electron chi connectivity index (χ0n) is 16.9. The van der Waals surface area contributed by atoms with Gasteiger partial charge in [-0.2, -0.15) is 8.78 Å². The van der Waals surface area contributed by atoms with E-state index in [1.165, 1.54) is 24.3 Å². The molecule has 0 saturated heterocycles. The molecule has 2 aromatic carbocycles. The summed E-state index contributed by atoms with van der Waals surface area (Å²) in [5.74, 6) is -0.835. The van der Waals surface area contributed by atoms with Gasteiger partial charge in [0.1, 0.15) is 5.75 Å². The van der Waals surface area contributed by atoms with Crippen molar-refractivity contribution in [3.05, 3.63) is 59.2 Å². The molecule has 0 saturated carbocycles. The van der Waals surface area contributed by atoms with Gasteiger partial charge in [-0.1, -0.05) is 45.9 Å². The molecule has 0 heterocycles. The summed E-state index contributed by atoms with van der Waals surface area (Å²) < 4.78 is 33.6. The smallest absolute Gasteiger partial charge is 0.387 e. The van der Waals surface area contributed by atoms with E-state index in [-0.39, 0.29) is 23.1 Å². The van der Waals surface area contributed by atoms with Gasteiger partial charge in [0.25, 0.3) is 5.91 Å². The zero-order chi connectivity index (χ0) is 21.6. The molecule has 2 aromatic rings. The van der Waals surface area contributed by atoms with Crippen LogP contribution in [0.5, 0.6) is 5.75 Å². The van der Waals surface area contributed by atoms with Gasteiger partial charge in [0.2, 0.25) is 0 Å². The summed E-state index contributed by atoms with van der Waals surface area (Å²) in [7, 11) is 0. The first-order chi connectivity index (χ1) is 13.7. The molecule has 0 spiro atoms. The van der Waals surface area contributed by atoms with Gasteiger partial charge in [-0.15, -0.1) is 0 Å². The van der Waals surface area contributed by atoms with Crippen LogP contribution in [-0.2, 0) is 9.53 Å². The first kappa shape index (κ1) is 22.3. The van der Waals surface area contributed by atoms with Crippen molar-refractivity contribution in [1.29, 1.82) is 0 Å². The third-order valence-corrected chi connectivity index (χ3v) is 4.29. The van der Waals surface area contributed by atoms with E-state index in [2.05, 4.69) is 10.1 Å². The van der Waals surface area contributed by atoms with Crippen molar-refractivity contribution >= 4 is 17.6 Å². The summed E-state index contributed by atoms with van der Waals surface area (Å²) in [4.78, 5) is 24.5. The molecule has 2 rings (SSSR count). The number of para-hydroxylation sites is 1. The second kappa shape index (κ2) is 10.0. The Balaban J connectivity index is 2.02. The van der Waals surface area contributed by atoms with Crippen molar-refractivity contribution in [1.82, 2.24) is 0 Å². The van der Waals surface area contributed by atoms with E-state index in [1.54, 1.807) is 0 Å². The fraction of sp³-hybridized carbons (Fsp3) is 0.364. The van der Waals surface area contributed by atoms with E-state index in [0.717, 1.165) is 16.8 Å². The second-order valence-corrected chi connectivity index (χ2v) is 7.15. The van der Waals surface area contributed by atoms with Crippen LogP contribution in [0.25, 0.3) is 0 Å². The Morgan fingerprint density at radius 1 is 0.931 bits per heavy atom. The van der Waals surface area contributed by atoms with Crippen LogP contribution in [0.3, 0.4) is 0 Å². The maximum absolute atomic E-state index is 12.4. The number of anilines is 1. The molecule has 0 aliphatic rings. The van der Waals surface area contributed by atoms with Gasteiger partial charge in [-0.05, 0) is 47.2 Å². The summed E-state index contributed by atoms with van der Waals surface area (Å²) in [6.45, 7) is 4.75. The van der Waals surface area contributed by atoms with Crippen molar-refractivity contribution in [2.45, 2.75) is 46.1 Å². The van der Waals surface area contributed by atoms with Crippen LogP contribution in [0.1, 0.15) is 61.0 Å². The first-order valence-corrected chi connectivity index (χ1v) is 9.33. The molecule has 0 aromatic heterocycles. The van der Waals surface area contributed by atoms with Crippen molar-refractivity contribution < 1.29 is 27.8 Å². The van der Waals surface area contributed by atoms with E-state index < -0.39 is 25.1 Å². The minimum Gasteiger partial charge on any atom is -0.452 e. The van der Waals surface area contributed by atoms with Gasteiger partial charge >= 0.3 is 12.6 Å². The van der Waals surface area contributed by atoms with Crippen molar-refractivity contribution in [3.8, 4) is 5.75 Å². The maximum Gasteiger partial charge on any atom is 0.387 e. The van der Waals surface area contributed by atoms with Gasteiger partial charge in [0, 0.05) is 5.69 Å². The van der Waals surface area contributed by atoms with Gasteiger partial charge in [-0.3, -0.25) is 4.79 Å². The molecular weight excluding hydrogens is 380 g/mol. The summed E-state index contributed by atoms with van der Waals surface area (Å²) in [6.07, 6.45) is 0. The molecular formula is C22H25F2NO4. The summed E-state index contributed by atoms with van der Waals surface area (Å²) in [5, 5.41) is 2.86. The molecule has 0 radical (unpaired) electrons. The van der Waals surface area contributed by atoms with E-state index in [9.17, 15) is 18.4 Å². The average molecular weight is 405 g/mol. The van der Waals surface area contributed by atoms with Crippen molar-refractivity contribution in [2.24, 2.45) is 0 Å². The number of halogens is 2. The highest BCUT2D eigenvalue weighted by Gasteiger charge is 2.17. The lowest BCUT2D eigenvalue weighted by atomic mass is 9.92. The Labute approximate surface area is 169 Å². The largest absolute Gasteiger partial charge is 0.452 e. The number of amides is 1. The van der Waals surface area contributed by atoms with Gasteiger partial charge < -0.3 is 14.8 Å². The Morgan fingerprint density at radius 3 is 1.97 bits per heavy atom. The number of benzene rings is 2. The number of carbonyl (C=O) groups is 2. The Kier molecular flexibility index (Phi) is 7.70. The summed E-state index contributed by atoms with van der Waals surface area (Å²) >= 11 is 0. The molecule has 29 heavy (non-hydrogen) atoms. The minimum atomic E-state index is -2.94. The molecule has 5 nitrogen and oxygen atoms in total. The number of alkyl halides is 2. The third-order valence-electron chi connectivity index (χ3n) is 4.29. The van der Waals surface area contributed by atoms with Gasteiger partial charge in [0.15, 0.2) is 6.61 Å². The highest BCUT2D eigenvalue weighted by atomic mass is 19.3. The molecule has 0 atom stereocenters. The van der Waals surface area contributed by atoms with E-state index in [4.69, 9.17) is 4.74 Å². The van der Waals surface area contributed by atoms with Crippen LogP contribution >= 0.6 is 0 Å². The third kappa shape index (κ3) is 6.27. The standard InChI is InChI=1S/C22H25F2NO4/c1-13(2)17-6-5-7-18(14(3)4)20(17)25-19(26)12-28-21(27)15-8-10-16(11-9-15)29-22(23)24/h5-11,13-14,22H,12H2,1-4H3,(H,25,26). The van der Waals surface area contributed by atoms with Crippen LogP contribution in [0.15, 0.2) is 42.5 Å². The number of nitrogens with one attached hydrogen (secondary N) is 1. The molecule has 156 valence electrons. The minimum absolute atomic E-state index is 0.0687. The highest BCUT2D eigenvalue weighted by molar-refractivity contribution is 5.96. The molecule has 0 aliphatic carbocycles. The van der Waals surface area contributed by atoms with Gasteiger partial charge in [0.05, 0.1) is 5.56 Å². The molecule has 1 amide bonds. The van der Waals surface area contributed by atoms with E-state index >= 15 is 0 Å². The SMILES string of the molecule is CC(C)c1cccc(C(C)C)c1NC(=O)COC(=O)c1ccc(OC(F)F)cc1. The second-order valence-electron chi connectivity index (χ2n) is 7.15. The number of hydrogen-bond donors (Lipinski definition) is 1. The van der Waals surface area contributed by atoms with Crippen LogP contribution in [0.4, 0.5) is 14.5 Å². The predicted molar refractivity (Wildman–Crippen MR) is 107 cm³/mol. The van der Waals surface area contributed by atoms with E-state index in [0.29, 0.717) is 0 Å². The summed E-state index contributed by atoms with van der Waals surface area (Å²) in [6, 6.07) is 10.9. The summed E-state index contributed by atoms with van der Waals surface area (Å²) in [5.41, 5.74) is 2.88. The lowest BCUT2D eigenvalue weighted by molar-refractivity contribution is -0.119. The fourth-order valence-electron chi connectivity index (χ4n) is 2.86. The van der Waals surface area contributed by atoms with Crippen LogP contribution in [-0.4, -0.2) is 25.1 Å². The number of rotatable bonds is 8. The normalized spacial score (nSPS) is 11.1. The molecule has 0 aliphatic heterocycles. The molecule has 0 fully saturated rings. The Morgan fingerprint density at radius 2 is 1.48 bits per heavy atom. The Hall–Kier alpha value is -2.96. The molecule has 1 N–H and O–H groups in total. The van der Waals surface area contributed by atoms with Crippen molar-refractivity contribution in [3.63, 3.8) is 0 Å². The fourth-order valence-corrected chi connectivity index (χ4v) is 2.86. The first-order valence-electron chi connectivity index (χ1n) is 9.33. The van der Waals surface area contributed by atoms with Gasteiger partial charge in [-0.25, -0.2) is 4.79 Å². The quantitative estimate of drug-likeness (QED) is 0.603. The lowest BCUT2D eigenvalue weighted by Crippen LogP contribution is -2.22. The van der Waals surface area contributed by atoms with Crippen molar-refractivity contribution in [2.75, 3.05) is 11.9 Å². The zero-order valence-corrected chi connectivity index (χ0v) is 16.9.